The van der Waals surface area contributed by atoms with Crippen LogP contribution >= 0.6 is 11.3 Å². The number of rotatable bonds is 6. The van der Waals surface area contributed by atoms with Crippen molar-refractivity contribution in [2.75, 3.05) is 46.8 Å². The van der Waals surface area contributed by atoms with Gasteiger partial charge in [-0.15, -0.1) is 11.3 Å². The summed E-state index contributed by atoms with van der Waals surface area (Å²) in [6.07, 6.45) is 5.31. The van der Waals surface area contributed by atoms with Crippen LogP contribution in [0.15, 0.2) is 22.5 Å². The van der Waals surface area contributed by atoms with Crippen LogP contribution in [0.5, 0.6) is 0 Å². The van der Waals surface area contributed by atoms with E-state index in [9.17, 15) is 4.79 Å². The van der Waals surface area contributed by atoms with E-state index in [1.165, 1.54) is 30.8 Å². The van der Waals surface area contributed by atoms with Crippen molar-refractivity contribution in [3.05, 3.63) is 22.4 Å². The van der Waals surface area contributed by atoms with Crippen LogP contribution in [0.25, 0.3) is 0 Å². The van der Waals surface area contributed by atoms with Crippen molar-refractivity contribution in [3.63, 3.8) is 0 Å². The molecular formula is C22H37N5OS. The topological polar surface area (TPSA) is 60.0 Å². The van der Waals surface area contributed by atoms with E-state index in [0.29, 0.717) is 18.4 Å². The molecule has 0 bridgehead atoms. The smallest absolute Gasteiger partial charge is 0.220 e. The van der Waals surface area contributed by atoms with Gasteiger partial charge < -0.3 is 15.5 Å². The second kappa shape index (κ2) is 11.0. The standard InChI is InChI=1S/C22H37N5OS/c1-17-6-10-26(11-7-17)19(20-5-4-14-29-20)16-25-22(24-3)27-12-8-18(9-13-27)15-21(28)23-2/h4-5,14,17-19H,6-13,15-16H2,1-3H3,(H,23,28)(H,24,25). The van der Waals surface area contributed by atoms with Gasteiger partial charge in [-0.2, -0.15) is 0 Å². The molecule has 2 aliphatic heterocycles. The summed E-state index contributed by atoms with van der Waals surface area (Å²) in [7, 11) is 3.60. The highest BCUT2D eigenvalue weighted by atomic mass is 32.1. The third-order valence-electron chi connectivity index (χ3n) is 6.46. The SMILES string of the molecule is CN=C(NCC(c1cccs1)N1CCC(C)CC1)N1CCC(CC(=O)NC)CC1. The molecule has 2 aliphatic rings. The summed E-state index contributed by atoms with van der Waals surface area (Å²) in [5, 5.41) is 8.59. The fraction of sp³-hybridized carbons (Fsp3) is 0.727. The lowest BCUT2D eigenvalue weighted by Gasteiger charge is -2.38. The number of nitrogens with one attached hydrogen (secondary N) is 2. The predicted octanol–water partition coefficient (Wildman–Crippen LogP) is 2.94. The first kappa shape index (κ1) is 22.1. The summed E-state index contributed by atoms with van der Waals surface area (Å²) < 4.78 is 0. The molecule has 1 atom stereocenters. The second-order valence-electron chi connectivity index (χ2n) is 8.49. The maximum atomic E-state index is 11.6. The Morgan fingerprint density at radius 2 is 1.97 bits per heavy atom. The molecule has 162 valence electrons. The van der Waals surface area contributed by atoms with E-state index in [4.69, 9.17) is 0 Å². The Balaban J connectivity index is 1.55. The van der Waals surface area contributed by atoms with Crippen LogP contribution in [0, 0.1) is 11.8 Å². The van der Waals surface area contributed by atoms with Crippen LogP contribution in [0.3, 0.4) is 0 Å². The highest BCUT2D eigenvalue weighted by Gasteiger charge is 2.27. The molecule has 2 fully saturated rings. The van der Waals surface area contributed by atoms with Gasteiger partial charge in [-0.25, -0.2) is 0 Å². The molecule has 29 heavy (non-hydrogen) atoms. The molecule has 0 radical (unpaired) electrons. The molecule has 3 heterocycles. The number of carbonyl (C=O) groups is 1. The van der Waals surface area contributed by atoms with Gasteiger partial charge in [0.15, 0.2) is 5.96 Å². The van der Waals surface area contributed by atoms with E-state index in [0.717, 1.165) is 44.4 Å². The van der Waals surface area contributed by atoms with Crippen LogP contribution in [-0.2, 0) is 4.79 Å². The number of thiophene rings is 1. The van der Waals surface area contributed by atoms with E-state index < -0.39 is 0 Å². The second-order valence-corrected chi connectivity index (χ2v) is 9.46. The zero-order valence-electron chi connectivity index (χ0n) is 18.2. The number of carbonyl (C=O) groups excluding carboxylic acids is 1. The maximum Gasteiger partial charge on any atom is 0.220 e. The number of nitrogens with zero attached hydrogens (tertiary/aromatic N) is 3. The van der Waals surface area contributed by atoms with Crippen LogP contribution in [0.1, 0.15) is 49.9 Å². The monoisotopic (exact) mass is 419 g/mol. The molecule has 1 unspecified atom stereocenters. The Morgan fingerprint density at radius 3 is 2.55 bits per heavy atom. The Kier molecular flexibility index (Phi) is 8.36. The van der Waals surface area contributed by atoms with Crippen molar-refractivity contribution in [2.24, 2.45) is 16.8 Å². The van der Waals surface area contributed by atoms with Gasteiger partial charge >= 0.3 is 0 Å². The van der Waals surface area contributed by atoms with Gasteiger partial charge in [-0.3, -0.25) is 14.7 Å². The lowest BCUT2D eigenvalue weighted by atomic mass is 9.93. The van der Waals surface area contributed by atoms with E-state index in [1.54, 1.807) is 7.05 Å². The lowest BCUT2D eigenvalue weighted by Crippen LogP contribution is -2.49. The third kappa shape index (κ3) is 6.19. The molecule has 0 spiro atoms. The minimum absolute atomic E-state index is 0.153. The zero-order chi connectivity index (χ0) is 20.6. The number of piperidine rings is 2. The lowest BCUT2D eigenvalue weighted by molar-refractivity contribution is -0.121. The number of likely N-dealkylation sites (tertiary alicyclic amines) is 2. The number of amides is 1. The van der Waals surface area contributed by atoms with Crippen LogP contribution in [0.2, 0.25) is 0 Å². The fourth-order valence-electron chi connectivity index (χ4n) is 4.46. The van der Waals surface area contributed by atoms with E-state index in [2.05, 4.69) is 49.9 Å². The van der Waals surface area contributed by atoms with Crippen LogP contribution in [0.4, 0.5) is 0 Å². The molecular weight excluding hydrogens is 382 g/mol. The van der Waals surface area contributed by atoms with Gasteiger partial charge in [0.25, 0.3) is 0 Å². The molecule has 1 aromatic rings. The van der Waals surface area contributed by atoms with E-state index in [-0.39, 0.29) is 5.91 Å². The normalized spacial score (nSPS) is 21.2. The van der Waals surface area contributed by atoms with Gasteiger partial charge in [0.1, 0.15) is 0 Å². The summed E-state index contributed by atoms with van der Waals surface area (Å²) in [4.78, 5) is 22.6. The summed E-state index contributed by atoms with van der Waals surface area (Å²) in [5.74, 6) is 2.47. The Morgan fingerprint density at radius 1 is 1.24 bits per heavy atom. The number of aliphatic imine (C=N–C) groups is 1. The van der Waals surface area contributed by atoms with Gasteiger partial charge in [0.2, 0.25) is 5.91 Å². The average Bonchev–Trinajstić information content (AvgIpc) is 3.27. The highest BCUT2D eigenvalue weighted by molar-refractivity contribution is 7.10. The summed E-state index contributed by atoms with van der Waals surface area (Å²) in [6, 6.07) is 4.83. The Bertz CT molecular complexity index is 646. The molecule has 0 saturated carbocycles. The van der Waals surface area contributed by atoms with Gasteiger partial charge in [-0.05, 0) is 62.1 Å². The van der Waals surface area contributed by atoms with Crippen molar-refractivity contribution in [1.29, 1.82) is 0 Å². The summed E-state index contributed by atoms with van der Waals surface area (Å²) in [6.45, 7) is 7.54. The third-order valence-corrected chi connectivity index (χ3v) is 7.44. The van der Waals surface area contributed by atoms with Gasteiger partial charge in [0.05, 0.1) is 6.04 Å². The minimum atomic E-state index is 0.153. The molecule has 0 aliphatic carbocycles. The predicted molar refractivity (Wildman–Crippen MR) is 121 cm³/mol. The van der Waals surface area contributed by atoms with Crippen LogP contribution < -0.4 is 10.6 Å². The van der Waals surface area contributed by atoms with Crippen molar-refractivity contribution >= 4 is 23.2 Å². The first-order chi connectivity index (χ1) is 14.1. The number of hydrogen-bond acceptors (Lipinski definition) is 4. The maximum absolute atomic E-state index is 11.6. The summed E-state index contributed by atoms with van der Waals surface area (Å²) >= 11 is 1.86. The molecule has 2 saturated heterocycles. The molecule has 7 heteroatoms. The molecule has 2 N–H and O–H groups in total. The van der Waals surface area contributed by atoms with Gasteiger partial charge in [0, 0.05) is 45.0 Å². The molecule has 1 aromatic heterocycles. The first-order valence-corrected chi connectivity index (χ1v) is 11.9. The Hall–Kier alpha value is -1.60. The van der Waals surface area contributed by atoms with Crippen LogP contribution in [-0.4, -0.2) is 68.5 Å². The summed E-state index contributed by atoms with van der Waals surface area (Å²) in [5.41, 5.74) is 0. The largest absolute Gasteiger partial charge is 0.359 e. The van der Waals surface area contributed by atoms with E-state index >= 15 is 0 Å². The van der Waals surface area contributed by atoms with Gasteiger partial charge in [-0.1, -0.05) is 13.0 Å². The van der Waals surface area contributed by atoms with Crippen molar-refractivity contribution in [2.45, 2.75) is 45.1 Å². The molecule has 6 nitrogen and oxygen atoms in total. The quantitative estimate of drug-likeness (QED) is 0.550. The zero-order valence-corrected chi connectivity index (χ0v) is 19.0. The van der Waals surface area contributed by atoms with Crippen molar-refractivity contribution < 1.29 is 4.79 Å². The van der Waals surface area contributed by atoms with Crippen molar-refractivity contribution in [1.82, 2.24) is 20.4 Å². The first-order valence-electron chi connectivity index (χ1n) is 11.0. The average molecular weight is 420 g/mol. The highest BCUT2D eigenvalue weighted by Crippen LogP contribution is 2.29. The molecule has 3 rings (SSSR count). The number of guanidine groups is 1. The molecule has 0 aromatic carbocycles. The number of hydrogen-bond donors (Lipinski definition) is 2. The fourth-order valence-corrected chi connectivity index (χ4v) is 5.33. The van der Waals surface area contributed by atoms with E-state index in [1.807, 2.05) is 18.4 Å². The van der Waals surface area contributed by atoms with Crippen molar-refractivity contribution in [3.8, 4) is 0 Å². The Labute approximate surface area is 179 Å². The molecule has 1 amide bonds. The minimum Gasteiger partial charge on any atom is -0.359 e.